The number of methoxy groups -OCH3 is 1. The van der Waals surface area contributed by atoms with E-state index in [2.05, 4.69) is 0 Å². The third kappa shape index (κ3) is 3.91. The Bertz CT molecular complexity index is 953. The summed E-state index contributed by atoms with van der Waals surface area (Å²) in [5.41, 5.74) is 3.76. The summed E-state index contributed by atoms with van der Waals surface area (Å²) >= 11 is 0. The maximum atomic E-state index is 13.0. The van der Waals surface area contributed by atoms with Crippen molar-refractivity contribution in [3.05, 3.63) is 58.7 Å². The largest absolute Gasteiger partial charge is 0.497 e. The van der Waals surface area contributed by atoms with E-state index in [1.54, 1.807) is 29.2 Å². The molecule has 2 aromatic carbocycles. The van der Waals surface area contributed by atoms with Gasteiger partial charge < -0.3 is 9.64 Å². The maximum absolute atomic E-state index is 13.0. The molecule has 1 heterocycles. The second kappa shape index (κ2) is 7.93. The second-order valence-corrected chi connectivity index (χ2v) is 9.08. The summed E-state index contributed by atoms with van der Waals surface area (Å²) in [6, 6.07) is 10.4. The Kier molecular flexibility index (Phi) is 5.76. The van der Waals surface area contributed by atoms with Gasteiger partial charge in [-0.1, -0.05) is 17.7 Å². The Morgan fingerprint density at radius 2 is 1.46 bits per heavy atom. The molecule has 0 atom stereocenters. The van der Waals surface area contributed by atoms with Gasteiger partial charge in [0.2, 0.25) is 10.0 Å². The molecule has 6 nitrogen and oxygen atoms in total. The predicted molar refractivity (Wildman–Crippen MR) is 108 cm³/mol. The number of piperazine rings is 1. The lowest BCUT2D eigenvalue weighted by Crippen LogP contribution is -2.50. The molecular formula is C21H26N2O4S. The average Bonchev–Trinajstić information content (AvgIpc) is 2.67. The van der Waals surface area contributed by atoms with Crippen molar-refractivity contribution in [2.75, 3.05) is 33.3 Å². The van der Waals surface area contributed by atoms with E-state index < -0.39 is 10.0 Å². The van der Waals surface area contributed by atoms with Gasteiger partial charge in [-0.15, -0.1) is 0 Å². The minimum atomic E-state index is -3.58. The first kappa shape index (κ1) is 20.4. The Morgan fingerprint density at radius 1 is 0.929 bits per heavy atom. The minimum absolute atomic E-state index is 0.0310. The number of hydrogen-bond donors (Lipinski definition) is 0. The van der Waals surface area contributed by atoms with Crippen LogP contribution in [0.5, 0.6) is 5.75 Å². The molecule has 0 unspecified atom stereocenters. The van der Waals surface area contributed by atoms with Crippen molar-refractivity contribution < 1.29 is 17.9 Å². The van der Waals surface area contributed by atoms with Crippen molar-refractivity contribution >= 4 is 15.9 Å². The fourth-order valence-electron chi connectivity index (χ4n) is 3.70. The lowest BCUT2D eigenvalue weighted by molar-refractivity contribution is 0.0696. The molecule has 0 aromatic heterocycles. The molecule has 0 N–H and O–H groups in total. The number of amides is 1. The van der Waals surface area contributed by atoms with Gasteiger partial charge in [-0.25, -0.2) is 8.42 Å². The van der Waals surface area contributed by atoms with Gasteiger partial charge in [-0.05, 0) is 56.2 Å². The number of hydrogen-bond acceptors (Lipinski definition) is 4. The minimum Gasteiger partial charge on any atom is -0.497 e. The molecule has 2 aromatic rings. The lowest BCUT2D eigenvalue weighted by Gasteiger charge is -2.34. The molecule has 1 aliphatic heterocycles. The van der Waals surface area contributed by atoms with Crippen molar-refractivity contribution in [3.63, 3.8) is 0 Å². The number of carbonyl (C=O) groups is 1. The molecule has 0 spiro atoms. The zero-order valence-corrected chi connectivity index (χ0v) is 17.5. The van der Waals surface area contributed by atoms with Crippen LogP contribution < -0.4 is 4.74 Å². The zero-order valence-electron chi connectivity index (χ0n) is 16.7. The summed E-state index contributed by atoms with van der Waals surface area (Å²) in [5.74, 6) is 0.578. The SMILES string of the molecule is COc1ccc(S(=O)(=O)N2CCN(C(=O)c3c(C)cc(C)cc3C)CC2)cc1. The summed E-state index contributed by atoms with van der Waals surface area (Å²) in [6.45, 7) is 7.21. The molecule has 7 heteroatoms. The molecule has 1 aliphatic rings. The zero-order chi connectivity index (χ0) is 20.5. The van der Waals surface area contributed by atoms with Gasteiger partial charge in [-0.3, -0.25) is 4.79 Å². The van der Waals surface area contributed by atoms with E-state index in [0.29, 0.717) is 18.8 Å². The average molecular weight is 403 g/mol. The summed E-state index contributed by atoms with van der Waals surface area (Å²) in [4.78, 5) is 15.0. The number of sulfonamides is 1. The van der Waals surface area contributed by atoms with Crippen LogP contribution in [0.4, 0.5) is 0 Å². The molecule has 28 heavy (non-hydrogen) atoms. The van der Waals surface area contributed by atoms with Crippen molar-refractivity contribution in [2.24, 2.45) is 0 Å². The first-order valence-corrected chi connectivity index (χ1v) is 10.7. The van der Waals surface area contributed by atoms with Gasteiger partial charge in [0.1, 0.15) is 5.75 Å². The van der Waals surface area contributed by atoms with Gasteiger partial charge in [0.05, 0.1) is 12.0 Å². The van der Waals surface area contributed by atoms with Gasteiger partial charge >= 0.3 is 0 Å². The standard InChI is InChI=1S/C21H26N2O4S/c1-15-13-16(2)20(17(3)14-15)21(24)22-9-11-23(12-10-22)28(25,26)19-7-5-18(27-4)6-8-19/h5-8,13-14H,9-12H2,1-4H3. The summed E-state index contributed by atoms with van der Waals surface area (Å²) in [7, 11) is -2.04. The van der Waals surface area contributed by atoms with Crippen LogP contribution in [-0.4, -0.2) is 56.8 Å². The van der Waals surface area contributed by atoms with E-state index >= 15 is 0 Å². The Balaban J connectivity index is 1.72. The molecule has 0 aliphatic carbocycles. The highest BCUT2D eigenvalue weighted by atomic mass is 32.2. The van der Waals surface area contributed by atoms with E-state index in [9.17, 15) is 13.2 Å². The number of carbonyl (C=O) groups excluding carboxylic acids is 1. The fourth-order valence-corrected chi connectivity index (χ4v) is 5.13. The third-order valence-corrected chi connectivity index (χ3v) is 7.03. The smallest absolute Gasteiger partial charge is 0.254 e. The molecule has 3 rings (SSSR count). The first-order chi connectivity index (χ1) is 13.2. The van der Waals surface area contributed by atoms with Crippen LogP contribution in [0.3, 0.4) is 0 Å². The van der Waals surface area contributed by atoms with Crippen LogP contribution in [0.25, 0.3) is 0 Å². The molecule has 150 valence electrons. The topological polar surface area (TPSA) is 66.9 Å². The summed E-state index contributed by atoms with van der Waals surface area (Å²) < 4.78 is 32.2. The number of ether oxygens (including phenoxy) is 1. The van der Waals surface area contributed by atoms with Crippen LogP contribution in [0.2, 0.25) is 0 Å². The van der Waals surface area contributed by atoms with Crippen LogP contribution in [-0.2, 0) is 10.0 Å². The quantitative estimate of drug-likeness (QED) is 0.789. The summed E-state index contributed by atoms with van der Waals surface area (Å²) in [6.07, 6.45) is 0. The lowest BCUT2D eigenvalue weighted by atomic mass is 9.98. The molecule has 0 saturated carbocycles. The third-order valence-electron chi connectivity index (χ3n) is 5.11. The monoisotopic (exact) mass is 402 g/mol. The predicted octanol–water partition coefficient (Wildman–Crippen LogP) is 2.77. The number of rotatable bonds is 4. The Hall–Kier alpha value is -2.38. The number of aryl methyl sites for hydroxylation is 3. The normalized spacial score (nSPS) is 15.5. The first-order valence-electron chi connectivity index (χ1n) is 9.25. The van der Waals surface area contributed by atoms with E-state index in [4.69, 9.17) is 4.74 Å². The van der Waals surface area contributed by atoms with Gasteiger partial charge in [0.25, 0.3) is 5.91 Å². The van der Waals surface area contributed by atoms with Crippen molar-refractivity contribution in [1.29, 1.82) is 0 Å². The highest BCUT2D eigenvalue weighted by Crippen LogP contribution is 2.23. The maximum Gasteiger partial charge on any atom is 0.254 e. The molecule has 0 radical (unpaired) electrons. The van der Waals surface area contributed by atoms with Crippen molar-refractivity contribution in [3.8, 4) is 5.75 Å². The van der Waals surface area contributed by atoms with E-state index in [1.807, 2.05) is 32.9 Å². The highest BCUT2D eigenvalue weighted by molar-refractivity contribution is 7.89. The van der Waals surface area contributed by atoms with Gasteiger partial charge in [0.15, 0.2) is 0 Å². The number of benzene rings is 2. The van der Waals surface area contributed by atoms with E-state index in [1.165, 1.54) is 11.4 Å². The molecular weight excluding hydrogens is 376 g/mol. The summed E-state index contributed by atoms with van der Waals surface area (Å²) in [5, 5.41) is 0. The van der Waals surface area contributed by atoms with Crippen LogP contribution in [0, 0.1) is 20.8 Å². The van der Waals surface area contributed by atoms with Crippen LogP contribution in [0.1, 0.15) is 27.0 Å². The molecule has 1 amide bonds. The molecule has 1 fully saturated rings. The van der Waals surface area contributed by atoms with Gasteiger partial charge in [-0.2, -0.15) is 4.31 Å². The molecule has 1 saturated heterocycles. The molecule has 0 bridgehead atoms. The van der Waals surface area contributed by atoms with E-state index in [0.717, 1.165) is 22.3 Å². The van der Waals surface area contributed by atoms with Crippen LogP contribution in [0.15, 0.2) is 41.3 Å². The highest BCUT2D eigenvalue weighted by Gasteiger charge is 2.31. The fraction of sp³-hybridized carbons (Fsp3) is 0.381. The Morgan fingerprint density at radius 3 is 1.96 bits per heavy atom. The van der Waals surface area contributed by atoms with Crippen molar-refractivity contribution in [1.82, 2.24) is 9.21 Å². The second-order valence-electron chi connectivity index (χ2n) is 7.15. The van der Waals surface area contributed by atoms with Gasteiger partial charge in [0, 0.05) is 31.7 Å². The van der Waals surface area contributed by atoms with Crippen molar-refractivity contribution in [2.45, 2.75) is 25.7 Å². The number of nitrogens with zero attached hydrogens (tertiary/aromatic N) is 2. The van der Waals surface area contributed by atoms with Crippen LogP contribution >= 0.6 is 0 Å². The van der Waals surface area contributed by atoms with E-state index in [-0.39, 0.29) is 23.9 Å². The Labute approximate surface area is 166 Å².